The summed E-state index contributed by atoms with van der Waals surface area (Å²) in [7, 11) is -2.59. The van der Waals surface area contributed by atoms with Crippen LogP contribution in [0, 0.1) is 0 Å². The van der Waals surface area contributed by atoms with Crippen LogP contribution in [0.3, 0.4) is 0 Å². The van der Waals surface area contributed by atoms with Gasteiger partial charge in [0.15, 0.2) is 0 Å². The topological polar surface area (TPSA) is 55.7 Å². The van der Waals surface area contributed by atoms with E-state index in [0.717, 1.165) is 78.8 Å². The maximum absolute atomic E-state index is 12.7. The zero-order valence-corrected chi connectivity index (χ0v) is 39.8. The van der Waals surface area contributed by atoms with Crippen LogP contribution in [0.4, 0.5) is 0 Å². The van der Waals surface area contributed by atoms with Gasteiger partial charge in [0.25, 0.3) is 0 Å². The second-order valence-electron chi connectivity index (χ2n) is 16.2. The highest BCUT2D eigenvalue weighted by molar-refractivity contribution is 7.70. The van der Waals surface area contributed by atoms with Crippen molar-refractivity contribution < 1.29 is 4.57 Å². The molecule has 300 valence electrons. The molecule has 3 aromatic heterocycles. The summed E-state index contributed by atoms with van der Waals surface area (Å²) in [6, 6.07) is 52.6. The van der Waals surface area contributed by atoms with Gasteiger partial charge in [-0.1, -0.05) is 107 Å². The van der Waals surface area contributed by atoms with Crippen LogP contribution < -0.4 is 15.9 Å². The fourth-order valence-electron chi connectivity index (χ4n) is 7.60. The third-order valence-corrected chi connectivity index (χ3v) is 18.5. The molecule has 0 aliphatic rings. The van der Waals surface area contributed by atoms with Gasteiger partial charge in [0.2, 0.25) is 0 Å². The van der Waals surface area contributed by atoms with Crippen molar-refractivity contribution >= 4 is 104 Å². The van der Waals surface area contributed by atoms with Gasteiger partial charge >= 0.3 is 0 Å². The number of thiazole rings is 3. The lowest BCUT2D eigenvalue weighted by molar-refractivity contribution is 0.588. The second kappa shape index (κ2) is 16.2. The van der Waals surface area contributed by atoms with Crippen molar-refractivity contribution in [3.05, 3.63) is 146 Å². The van der Waals surface area contributed by atoms with E-state index in [4.69, 9.17) is 15.0 Å². The van der Waals surface area contributed by atoms with E-state index in [1.54, 1.807) is 34.0 Å². The largest absolute Gasteiger partial charge is 0.319 e. The van der Waals surface area contributed by atoms with Crippen LogP contribution in [0.2, 0.25) is 0 Å². The standard InChI is InChI=1S/C51H42N3OP3S3/c1-56(2)40-16-7-31(8-17-40)34-13-22-43-46(28-34)59-49(52-43)37-25-38(50-53-44-23-14-35(29-47(44)60-50)32-9-18-41(19-10-32)57(3)4)27-39(26-37)51-54-45-24-15-36(30-48(45)61-51)33-11-20-42(21-12-33)58(5,6)55/h7-30H,1-6H3. The molecule has 0 atom stereocenters. The molecule has 0 unspecified atom stereocenters. The molecule has 0 N–H and O–H groups in total. The first kappa shape index (κ1) is 40.4. The van der Waals surface area contributed by atoms with Crippen molar-refractivity contribution in [2.75, 3.05) is 40.0 Å². The Bertz CT molecular complexity index is 3160. The number of rotatable bonds is 9. The highest BCUT2D eigenvalue weighted by Gasteiger charge is 2.18. The van der Waals surface area contributed by atoms with Gasteiger partial charge in [0.1, 0.15) is 22.2 Å². The second-order valence-corrected chi connectivity index (χ2v) is 27.1. The summed E-state index contributed by atoms with van der Waals surface area (Å²) < 4.78 is 16.1. The van der Waals surface area contributed by atoms with E-state index >= 15 is 0 Å². The van der Waals surface area contributed by atoms with Crippen molar-refractivity contribution in [1.29, 1.82) is 0 Å². The highest BCUT2D eigenvalue weighted by Crippen LogP contribution is 2.42. The fraction of sp³-hybridized carbons (Fsp3) is 0.118. The smallest absolute Gasteiger partial charge is 0.124 e. The number of aromatic nitrogens is 3. The molecule has 0 saturated heterocycles. The molecule has 3 heterocycles. The van der Waals surface area contributed by atoms with Crippen LogP contribution in [0.1, 0.15) is 0 Å². The number of hydrogen-bond acceptors (Lipinski definition) is 7. The molecule has 10 rings (SSSR count). The molecule has 7 aromatic carbocycles. The Morgan fingerprint density at radius 3 is 0.967 bits per heavy atom. The zero-order chi connectivity index (χ0) is 42.0. The van der Waals surface area contributed by atoms with Gasteiger partial charge in [0, 0.05) is 22.0 Å². The number of fused-ring (bicyclic) bond motifs is 3. The van der Waals surface area contributed by atoms with Gasteiger partial charge in [-0.15, -0.1) is 34.0 Å². The maximum Gasteiger partial charge on any atom is 0.124 e. The Balaban J connectivity index is 1.06. The molecule has 10 heteroatoms. The summed E-state index contributed by atoms with van der Waals surface area (Å²) in [6.07, 6.45) is 0. The molecule has 0 fully saturated rings. The number of hydrogen-bond donors (Lipinski definition) is 0. The van der Waals surface area contributed by atoms with E-state index in [-0.39, 0.29) is 15.8 Å². The lowest BCUT2D eigenvalue weighted by atomic mass is 10.1. The van der Waals surface area contributed by atoms with Gasteiger partial charge in [-0.25, -0.2) is 15.0 Å². The number of nitrogens with zero attached hydrogens (tertiary/aromatic N) is 3. The predicted octanol–water partition coefficient (Wildman–Crippen LogP) is 14.5. The lowest BCUT2D eigenvalue weighted by Gasteiger charge is -2.08. The summed E-state index contributed by atoms with van der Waals surface area (Å²) in [6.45, 7) is 12.8. The first-order valence-electron chi connectivity index (χ1n) is 20.0. The Hall–Kier alpha value is -4.70. The molecule has 0 aliphatic carbocycles. The van der Waals surface area contributed by atoms with E-state index in [2.05, 4.69) is 160 Å². The van der Waals surface area contributed by atoms with Crippen molar-refractivity contribution in [1.82, 2.24) is 15.0 Å². The molecule has 4 nitrogen and oxygen atoms in total. The minimum Gasteiger partial charge on any atom is -0.319 e. The molecule has 0 spiro atoms. The molecule has 61 heavy (non-hydrogen) atoms. The fourth-order valence-corrected chi connectivity index (χ4v) is 12.9. The normalized spacial score (nSPS) is 12.1. The van der Waals surface area contributed by atoms with Crippen LogP contribution in [0.25, 0.3) is 95.7 Å². The summed E-state index contributed by atoms with van der Waals surface area (Å²) in [4.78, 5) is 15.6. The van der Waals surface area contributed by atoms with E-state index in [1.165, 1.54) is 32.9 Å². The van der Waals surface area contributed by atoms with Crippen molar-refractivity contribution in [3.63, 3.8) is 0 Å². The van der Waals surface area contributed by atoms with Crippen LogP contribution in [-0.4, -0.2) is 54.9 Å². The van der Waals surface area contributed by atoms with Gasteiger partial charge in [-0.2, -0.15) is 0 Å². The van der Waals surface area contributed by atoms with Crippen molar-refractivity contribution in [2.45, 2.75) is 0 Å². The SMILES string of the molecule is CP(C)c1ccc(-c2ccc3nc(-c4cc(-c5nc6ccc(-c7ccc(P(C)C)cc7)cc6s5)cc(-c5nc6ccc(-c7ccc(P(C)(C)=O)cc7)cc6s5)c4)sc3c2)cc1. The first-order chi connectivity index (χ1) is 29.4. The molecule has 0 radical (unpaired) electrons. The third kappa shape index (κ3) is 8.21. The van der Waals surface area contributed by atoms with Crippen LogP contribution in [0.5, 0.6) is 0 Å². The molecule has 0 bridgehead atoms. The highest BCUT2D eigenvalue weighted by atomic mass is 32.1. The van der Waals surface area contributed by atoms with Crippen molar-refractivity contribution in [3.8, 4) is 65.1 Å². The van der Waals surface area contributed by atoms with Crippen LogP contribution in [0.15, 0.2) is 146 Å². The van der Waals surface area contributed by atoms with E-state index in [9.17, 15) is 4.57 Å². The van der Waals surface area contributed by atoms with Gasteiger partial charge in [0.05, 0.1) is 30.6 Å². The summed E-state index contributed by atoms with van der Waals surface area (Å²) in [5, 5.41) is 6.60. The molecule has 10 aromatic rings. The Morgan fingerprint density at radius 1 is 0.377 bits per heavy atom. The Kier molecular flexibility index (Phi) is 10.7. The molecular formula is C51H42N3OP3S3. The Morgan fingerprint density at radius 2 is 0.672 bits per heavy atom. The Labute approximate surface area is 371 Å². The van der Waals surface area contributed by atoms with Crippen LogP contribution in [-0.2, 0) is 4.57 Å². The quantitative estimate of drug-likeness (QED) is 0.135. The van der Waals surface area contributed by atoms with Crippen molar-refractivity contribution in [2.24, 2.45) is 0 Å². The number of benzene rings is 7. The minimum atomic E-state index is -2.32. The molecule has 0 amide bonds. The average Bonchev–Trinajstić information content (AvgIpc) is 4.02. The zero-order valence-electron chi connectivity index (χ0n) is 34.7. The van der Waals surface area contributed by atoms with E-state index in [1.807, 2.05) is 25.5 Å². The van der Waals surface area contributed by atoms with Gasteiger partial charge in [-0.3, -0.25) is 0 Å². The summed E-state index contributed by atoms with van der Waals surface area (Å²) in [5.41, 5.74) is 13.1. The van der Waals surface area contributed by atoms with E-state index < -0.39 is 7.14 Å². The molecule has 0 saturated carbocycles. The van der Waals surface area contributed by atoms with Gasteiger partial charge in [-0.05, 0) is 139 Å². The molecular weight excluding hydrogens is 860 g/mol. The van der Waals surface area contributed by atoms with Gasteiger partial charge < -0.3 is 4.57 Å². The monoisotopic (exact) mass is 901 g/mol. The third-order valence-electron chi connectivity index (χ3n) is 11.1. The minimum absolute atomic E-state index is 0.133. The maximum atomic E-state index is 12.7. The summed E-state index contributed by atoms with van der Waals surface area (Å²) >= 11 is 5.16. The predicted molar refractivity (Wildman–Crippen MR) is 274 cm³/mol. The summed E-state index contributed by atoms with van der Waals surface area (Å²) in [5.74, 6) is 0. The average molecular weight is 902 g/mol. The van der Waals surface area contributed by atoms with Crippen LogP contribution >= 0.6 is 57.0 Å². The van der Waals surface area contributed by atoms with E-state index in [0.29, 0.717) is 0 Å². The first-order valence-corrected chi connectivity index (χ1v) is 29.5. The molecule has 0 aliphatic heterocycles. The lowest BCUT2D eigenvalue weighted by Crippen LogP contribution is -2.01.